The molecule has 1 aliphatic heterocycles. The van der Waals surface area contributed by atoms with Gasteiger partial charge in [-0.2, -0.15) is 0 Å². The van der Waals surface area contributed by atoms with Crippen LogP contribution in [0, 0.1) is 23.5 Å². The molecule has 2 rings (SSSR count). The Bertz CT molecular complexity index is 533. The molecule has 1 aromatic rings. The van der Waals surface area contributed by atoms with E-state index in [1.165, 1.54) is 4.90 Å². The van der Waals surface area contributed by atoms with Gasteiger partial charge in [-0.05, 0) is 24.4 Å². The molecule has 1 heterocycles. The van der Waals surface area contributed by atoms with Gasteiger partial charge in [-0.25, -0.2) is 8.78 Å². The quantitative estimate of drug-likeness (QED) is 0.880. The molecule has 110 valence electrons. The van der Waals surface area contributed by atoms with Gasteiger partial charge >= 0.3 is 0 Å². The van der Waals surface area contributed by atoms with Gasteiger partial charge in [-0.15, -0.1) is 0 Å². The standard InChI is InChI=1S/C14H19F2N3O/c1-7(2)8(5-17)6-19-11-4-9(15)3-10(16)12(11)13(18)14(19)20/h3-4,7-8,13H,5-6,17-18H2,1-2H3. The lowest BCUT2D eigenvalue weighted by Crippen LogP contribution is -2.39. The predicted octanol–water partition coefficient (Wildman–Crippen LogP) is 1.54. The maximum atomic E-state index is 13.8. The molecule has 0 radical (unpaired) electrons. The van der Waals surface area contributed by atoms with Crippen molar-refractivity contribution in [2.24, 2.45) is 23.3 Å². The number of fused-ring (bicyclic) bond motifs is 1. The largest absolute Gasteiger partial charge is 0.330 e. The van der Waals surface area contributed by atoms with Gasteiger partial charge in [0, 0.05) is 18.2 Å². The van der Waals surface area contributed by atoms with Crippen LogP contribution in [0.2, 0.25) is 0 Å². The van der Waals surface area contributed by atoms with Crippen molar-refractivity contribution >= 4 is 11.6 Å². The molecule has 20 heavy (non-hydrogen) atoms. The molecule has 1 aliphatic rings. The minimum absolute atomic E-state index is 0.0448. The van der Waals surface area contributed by atoms with Gasteiger partial charge in [0.25, 0.3) is 0 Å². The summed E-state index contributed by atoms with van der Waals surface area (Å²) < 4.78 is 27.2. The van der Waals surface area contributed by atoms with E-state index in [0.717, 1.165) is 12.1 Å². The van der Waals surface area contributed by atoms with E-state index in [2.05, 4.69) is 0 Å². The van der Waals surface area contributed by atoms with Crippen LogP contribution in [-0.4, -0.2) is 19.0 Å². The van der Waals surface area contributed by atoms with E-state index in [9.17, 15) is 13.6 Å². The fourth-order valence-electron chi connectivity index (χ4n) is 2.49. The van der Waals surface area contributed by atoms with Crippen LogP contribution in [0.15, 0.2) is 12.1 Å². The molecule has 0 fully saturated rings. The normalized spacial score (nSPS) is 19.6. The predicted molar refractivity (Wildman–Crippen MR) is 73.0 cm³/mol. The Hall–Kier alpha value is -1.53. The van der Waals surface area contributed by atoms with Gasteiger partial charge in [0.2, 0.25) is 5.91 Å². The number of carbonyl (C=O) groups excluding carboxylic acids is 1. The first kappa shape index (κ1) is 14.9. The lowest BCUT2D eigenvalue weighted by Gasteiger charge is -2.26. The number of anilines is 1. The number of nitrogens with two attached hydrogens (primary N) is 2. The van der Waals surface area contributed by atoms with Crippen molar-refractivity contribution in [1.82, 2.24) is 0 Å². The number of rotatable bonds is 4. The Morgan fingerprint density at radius 1 is 1.35 bits per heavy atom. The van der Waals surface area contributed by atoms with Crippen LogP contribution in [-0.2, 0) is 4.79 Å². The van der Waals surface area contributed by atoms with Crippen LogP contribution >= 0.6 is 0 Å². The van der Waals surface area contributed by atoms with Gasteiger partial charge in [0.1, 0.15) is 17.7 Å². The highest BCUT2D eigenvalue weighted by Crippen LogP contribution is 2.37. The topological polar surface area (TPSA) is 72.3 Å². The Balaban J connectivity index is 2.40. The van der Waals surface area contributed by atoms with Crippen LogP contribution in [0.4, 0.5) is 14.5 Å². The number of hydrogen-bond acceptors (Lipinski definition) is 3. The SMILES string of the molecule is CC(C)C(CN)CN1C(=O)C(N)c2c(F)cc(F)cc21. The van der Waals surface area contributed by atoms with Crippen LogP contribution in [0.3, 0.4) is 0 Å². The first-order valence-electron chi connectivity index (χ1n) is 6.62. The van der Waals surface area contributed by atoms with E-state index >= 15 is 0 Å². The van der Waals surface area contributed by atoms with Crippen molar-refractivity contribution in [1.29, 1.82) is 0 Å². The van der Waals surface area contributed by atoms with Crippen molar-refractivity contribution in [3.05, 3.63) is 29.3 Å². The third-order valence-electron chi connectivity index (χ3n) is 3.87. The third-order valence-corrected chi connectivity index (χ3v) is 3.87. The molecular formula is C14H19F2N3O. The number of benzene rings is 1. The van der Waals surface area contributed by atoms with Gasteiger partial charge in [0.15, 0.2) is 0 Å². The lowest BCUT2D eigenvalue weighted by atomic mass is 9.95. The molecule has 0 saturated heterocycles. The maximum absolute atomic E-state index is 13.8. The summed E-state index contributed by atoms with van der Waals surface area (Å²) >= 11 is 0. The van der Waals surface area contributed by atoms with E-state index in [-0.39, 0.29) is 23.1 Å². The molecule has 0 saturated carbocycles. The second-order valence-corrected chi connectivity index (χ2v) is 5.49. The van der Waals surface area contributed by atoms with Crippen LogP contribution in [0.5, 0.6) is 0 Å². The van der Waals surface area contributed by atoms with Gasteiger partial charge in [0.05, 0.1) is 5.69 Å². The summed E-state index contributed by atoms with van der Waals surface area (Å²) in [4.78, 5) is 13.5. The summed E-state index contributed by atoms with van der Waals surface area (Å²) in [7, 11) is 0. The van der Waals surface area contributed by atoms with Gasteiger partial charge < -0.3 is 16.4 Å². The second-order valence-electron chi connectivity index (χ2n) is 5.49. The lowest BCUT2D eigenvalue weighted by molar-refractivity contribution is -0.119. The van der Waals surface area contributed by atoms with Crippen LogP contribution in [0.1, 0.15) is 25.5 Å². The smallest absolute Gasteiger partial charge is 0.248 e. The fourth-order valence-corrected chi connectivity index (χ4v) is 2.49. The van der Waals surface area contributed by atoms with Crippen molar-refractivity contribution in [2.75, 3.05) is 18.0 Å². The summed E-state index contributed by atoms with van der Waals surface area (Å²) in [6, 6.07) is 0.825. The van der Waals surface area contributed by atoms with E-state index in [4.69, 9.17) is 11.5 Å². The van der Waals surface area contributed by atoms with Crippen molar-refractivity contribution in [3.63, 3.8) is 0 Å². The molecule has 4 nitrogen and oxygen atoms in total. The summed E-state index contributed by atoms with van der Waals surface area (Å²) in [5, 5.41) is 0. The fraction of sp³-hybridized carbons (Fsp3) is 0.500. The minimum atomic E-state index is -1.07. The molecule has 0 aromatic heterocycles. The molecule has 4 N–H and O–H groups in total. The second kappa shape index (κ2) is 5.46. The molecule has 1 amide bonds. The third kappa shape index (κ3) is 2.41. The summed E-state index contributed by atoms with van der Waals surface area (Å²) in [6.07, 6.45) is 0. The van der Waals surface area contributed by atoms with E-state index < -0.39 is 23.6 Å². The number of nitrogens with zero attached hydrogens (tertiary/aromatic N) is 1. The average molecular weight is 283 g/mol. The van der Waals surface area contributed by atoms with E-state index in [0.29, 0.717) is 13.1 Å². The Kier molecular flexibility index (Phi) is 4.06. The number of carbonyl (C=O) groups is 1. The highest BCUT2D eigenvalue weighted by molar-refractivity contribution is 6.04. The number of halogens is 2. The monoisotopic (exact) mass is 283 g/mol. The zero-order valence-corrected chi connectivity index (χ0v) is 11.6. The zero-order valence-electron chi connectivity index (χ0n) is 11.6. The molecule has 6 heteroatoms. The highest BCUT2D eigenvalue weighted by Gasteiger charge is 2.38. The number of hydrogen-bond donors (Lipinski definition) is 2. The number of amides is 1. The van der Waals surface area contributed by atoms with E-state index in [1.54, 1.807) is 0 Å². The van der Waals surface area contributed by atoms with Crippen molar-refractivity contribution in [2.45, 2.75) is 19.9 Å². The maximum Gasteiger partial charge on any atom is 0.248 e. The first-order valence-corrected chi connectivity index (χ1v) is 6.62. The minimum Gasteiger partial charge on any atom is -0.330 e. The molecule has 2 unspecified atom stereocenters. The van der Waals surface area contributed by atoms with Crippen molar-refractivity contribution in [3.8, 4) is 0 Å². The summed E-state index contributed by atoms with van der Waals surface area (Å²) in [5.41, 5.74) is 11.7. The Morgan fingerprint density at radius 3 is 2.55 bits per heavy atom. The van der Waals surface area contributed by atoms with Gasteiger partial charge in [-0.1, -0.05) is 13.8 Å². The van der Waals surface area contributed by atoms with Crippen molar-refractivity contribution < 1.29 is 13.6 Å². The molecular weight excluding hydrogens is 264 g/mol. The molecule has 2 atom stereocenters. The summed E-state index contributed by atoms with van der Waals surface area (Å²) in [6.45, 7) is 4.69. The van der Waals surface area contributed by atoms with Crippen LogP contribution < -0.4 is 16.4 Å². The zero-order chi connectivity index (χ0) is 15.0. The first-order chi connectivity index (χ1) is 9.36. The highest BCUT2D eigenvalue weighted by atomic mass is 19.1. The Labute approximate surface area is 116 Å². The Morgan fingerprint density at radius 2 is 2.00 bits per heavy atom. The molecule has 0 aliphatic carbocycles. The summed E-state index contributed by atoms with van der Waals surface area (Å²) in [5.74, 6) is -1.61. The molecule has 0 bridgehead atoms. The molecule has 1 aromatic carbocycles. The van der Waals surface area contributed by atoms with Gasteiger partial charge in [-0.3, -0.25) is 4.79 Å². The van der Waals surface area contributed by atoms with Crippen LogP contribution in [0.25, 0.3) is 0 Å². The van der Waals surface area contributed by atoms with E-state index in [1.807, 2.05) is 13.8 Å². The average Bonchev–Trinajstić information content (AvgIpc) is 2.59. The molecule has 0 spiro atoms.